The van der Waals surface area contributed by atoms with Crippen molar-refractivity contribution < 1.29 is 14.2 Å². The van der Waals surface area contributed by atoms with Crippen molar-refractivity contribution in [3.63, 3.8) is 0 Å². The maximum atomic E-state index is 6.01. The minimum absolute atomic E-state index is 0. The lowest BCUT2D eigenvalue weighted by molar-refractivity contribution is 0.226. The van der Waals surface area contributed by atoms with Crippen LogP contribution in [-0.2, 0) is 6.54 Å². The summed E-state index contributed by atoms with van der Waals surface area (Å²) in [4.78, 5) is 9.33. The third kappa shape index (κ3) is 5.98. The van der Waals surface area contributed by atoms with Gasteiger partial charge in [0.05, 0.1) is 38.6 Å². The highest BCUT2D eigenvalue weighted by molar-refractivity contribution is 6.15. The highest BCUT2D eigenvalue weighted by atomic mass is 35.5. The summed E-state index contributed by atoms with van der Waals surface area (Å²) in [6, 6.07) is 20.7. The molecular weight excluding hydrogens is 552 g/mol. The van der Waals surface area contributed by atoms with E-state index >= 15 is 0 Å². The molecule has 10 heteroatoms. The molecule has 2 aliphatic rings. The van der Waals surface area contributed by atoms with Crippen LogP contribution in [0.25, 0.3) is 11.4 Å². The smallest absolute Gasteiger partial charge is 0.204 e. The van der Waals surface area contributed by atoms with E-state index in [2.05, 4.69) is 51.6 Å². The highest BCUT2D eigenvalue weighted by Crippen LogP contribution is 2.42. The summed E-state index contributed by atoms with van der Waals surface area (Å²) in [6.07, 6.45) is 1.03. The number of likely N-dealkylation sites (N-methyl/N-ethyl adjacent to an activating group) is 1. The number of likely N-dealkylation sites (tertiary alicyclic amines) is 1. The van der Waals surface area contributed by atoms with Crippen molar-refractivity contribution >= 4 is 18.1 Å². The van der Waals surface area contributed by atoms with Crippen LogP contribution in [0.2, 0.25) is 0 Å². The molecule has 0 spiro atoms. The van der Waals surface area contributed by atoms with E-state index in [1.807, 2.05) is 50.2 Å². The molecule has 1 aromatic heterocycles. The van der Waals surface area contributed by atoms with Gasteiger partial charge in [0.15, 0.2) is 11.5 Å². The Labute approximate surface area is 252 Å². The standard InChI is InChI=1S/C32H36N6O3.ClH/c1-5-40-29-17-25-26(18-30(29)41-6-2)31(33-28-15-16-37(3)20-27(25)28)22-9-11-23(12-10-22)32-34-36-38(35-32)19-21-7-13-24(39-4)14-8-21;/h7-14,17-18,27-28H,5-6,15-16,19-20H2,1-4H3;1H/t27-,28-;/m1./s1. The van der Waals surface area contributed by atoms with Crippen LogP contribution in [0, 0.1) is 0 Å². The molecule has 0 N–H and O–H groups in total. The summed E-state index contributed by atoms with van der Waals surface area (Å²) >= 11 is 0. The normalized spacial score (nSPS) is 17.9. The number of aliphatic imine (C=N–C) groups is 1. The number of piperidine rings is 1. The molecule has 1 saturated heterocycles. The summed E-state index contributed by atoms with van der Waals surface area (Å²) in [7, 11) is 3.85. The van der Waals surface area contributed by atoms with Crippen LogP contribution in [0.3, 0.4) is 0 Å². The zero-order valence-corrected chi connectivity index (χ0v) is 25.3. The number of hydrogen-bond acceptors (Lipinski definition) is 8. The first-order valence-corrected chi connectivity index (χ1v) is 14.3. The predicted octanol–water partition coefficient (Wildman–Crippen LogP) is 5.25. The molecule has 2 aliphatic heterocycles. The molecule has 0 saturated carbocycles. The second kappa shape index (κ2) is 12.9. The molecule has 9 nitrogen and oxygen atoms in total. The van der Waals surface area contributed by atoms with Crippen LogP contribution < -0.4 is 14.2 Å². The molecular formula is C32H37ClN6O3. The molecule has 0 radical (unpaired) electrons. The predicted molar refractivity (Wildman–Crippen MR) is 166 cm³/mol. The first-order valence-electron chi connectivity index (χ1n) is 14.3. The van der Waals surface area contributed by atoms with Crippen LogP contribution in [0.15, 0.2) is 65.7 Å². The molecule has 220 valence electrons. The second-order valence-electron chi connectivity index (χ2n) is 10.5. The van der Waals surface area contributed by atoms with Crippen molar-refractivity contribution in [2.45, 2.75) is 38.8 Å². The van der Waals surface area contributed by atoms with Crippen LogP contribution in [0.1, 0.15) is 48.4 Å². The minimum atomic E-state index is 0. The fraction of sp³-hybridized carbons (Fsp3) is 0.375. The summed E-state index contributed by atoms with van der Waals surface area (Å²) in [5.41, 5.74) is 6.44. The van der Waals surface area contributed by atoms with Gasteiger partial charge in [-0.2, -0.15) is 4.80 Å². The van der Waals surface area contributed by atoms with E-state index in [0.29, 0.717) is 31.5 Å². The molecule has 0 unspecified atom stereocenters. The monoisotopic (exact) mass is 588 g/mol. The number of nitrogens with zero attached hydrogens (tertiary/aromatic N) is 6. The van der Waals surface area contributed by atoms with E-state index in [9.17, 15) is 0 Å². The Morgan fingerprint density at radius 3 is 2.29 bits per heavy atom. The van der Waals surface area contributed by atoms with Crippen LogP contribution in [0.5, 0.6) is 17.2 Å². The Kier molecular flexibility index (Phi) is 9.09. The van der Waals surface area contributed by atoms with Gasteiger partial charge in [-0.15, -0.1) is 22.6 Å². The van der Waals surface area contributed by atoms with Gasteiger partial charge >= 0.3 is 0 Å². The van der Waals surface area contributed by atoms with Crippen molar-refractivity contribution in [3.05, 3.63) is 82.9 Å². The zero-order chi connectivity index (χ0) is 28.3. The van der Waals surface area contributed by atoms with E-state index in [4.69, 9.17) is 19.2 Å². The third-order valence-corrected chi connectivity index (χ3v) is 7.80. The van der Waals surface area contributed by atoms with Crippen molar-refractivity contribution in [1.82, 2.24) is 25.1 Å². The number of tetrazole rings is 1. The first kappa shape index (κ1) is 29.5. The minimum Gasteiger partial charge on any atom is -0.497 e. The Morgan fingerprint density at radius 1 is 0.905 bits per heavy atom. The largest absolute Gasteiger partial charge is 0.497 e. The van der Waals surface area contributed by atoms with E-state index in [0.717, 1.165) is 64.7 Å². The molecule has 2 atom stereocenters. The molecule has 0 amide bonds. The molecule has 0 bridgehead atoms. The average molecular weight is 589 g/mol. The lowest BCUT2D eigenvalue weighted by Crippen LogP contribution is -2.41. The lowest BCUT2D eigenvalue weighted by atomic mass is 9.79. The number of benzene rings is 3. The second-order valence-corrected chi connectivity index (χ2v) is 10.5. The Bertz CT molecular complexity index is 1540. The Hall–Kier alpha value is -3.95. The van der Waals surface area contributed by atoms with Crippen LogP contribution in [0.4, 0.5) is 0 Å². The SMILES string of the molecule is CCOc1cc2c(cc1OCC)[C@H]1CN(C)CC[C@H]1N=C2c1ccc(-c2nnn(Cc3ccc(OC)cc3)n2)cc1.Cl. The molecule has 0 aliphatic carbocycles. The molecule has 3 aromatic carbocycles. The molecule has 42 heavy (non-hydrogen) atoms. The summed E-state index contributed by atoms with van der Waals surface area (Å²) in [5.74, 6) is 3.30. The van der Waals surface area contributed by atoms with Gasteiger partial charge in [-0.3, -0.25) is 4.99 Å². The van der Waals surface area contributed by atoms with Crippen molar-refractivity contribution in [2.24, 2.45) is 4.99 Å². The van der Waals surface area contributed by atoms with Gasteiger partial charge in [-0.25, -0.2) is 0 Å². The van der Waals surface area contributed by atoms with Crippen molar-refractivity contribution in [1.29, 1.82) is 0 Å². The maximum Gasteiger partial charge on any atom is 0.204 e. The molecule has 1 fully saturated rings. The lowest BCUT2D eigenvalue weighted by Gasteiger charge is -2.39. The molecule has 6 rings (SSSR count). The quantitative estimate of drug-likeness (QED) is 0.264. The van der Waals surface area contributed by atoms with Crippen molar-refractivity contribution in [2.75, 3.05) is 40.5 Å². The fourth-order valence-electron chi connectivity index (χ4n) is 5.75. The number of fused-ring (bicyclic) bond motifs is 3. The summed E-state index contributed by atoms with van der Waals surface area (Å²) < 4.78 is 17.3. The maximum absolute atomic E-state index is 6.01. The van der Waals surface area contributed by atoms with Crippen LogP contribution >= 0.6 is 12.4 Å². The van der Waals surface area contributed by atoms with Gasteiger partial charge in [0.1, 0.15) is 5.75 Å². The van der Waals surface area contributed by atoms with Gasteiger partial charge in [0.2, 0.25) is 5.82 Å². The van der Waals surface area contributed by atoms with Gasteiger partial charge < -0.3 is 19.1 Å². The van der Waals surface area contributed by atoms with Gasteiger partial charge in [0.25, 0.3) is 0 Å². The van der Waals surface area contributed by atoms with Gasteiger partial charge in [-0.05, 0) is 74.5 Å². The number of methoxy groups -OCH3 is 1. The van der Waals surface area contributed by atoms with Crippen LogP contribution in [-0.4, -0.2) is 77.3 Å². The molecule has 3 heterocycles. The van der Waals surface area contributed by atoms with Crippen molar-refractivity contribution in [3.8, 4) is 28.6 Å². The average Bonchev–Trinajstić information content (AvgIpc) is 3.46. The Balaban J connectivity index is 0.00000353. The number of aromatic nitrogens is 4. The highest BCUT2D eigenvalue weighted by Gasteiger charge is 2.36. The number of hydrogen-bond donors (Lipinski definition) is 0. The number of halogens is 1. The van der Waals surface area contributed by atoms with Gasteiger partial charge in [-0.1, -0.05) is 36.4 Å². The third-order valence-electron chi connectivity index (χ3n) is 7.80. The summed E-state index contributed by atoms with van der Waals surface area (Å²) in [6.45, 7) is 7.72. The Morgan fingerprint density at radius 2 is 1.60 bits per heavy atom. The number of ether oxygens (including phenoxy) is 3. The zero-order valence-electron chi connectivity index (χ0n) is 24.5. The van der Waals surface area contributed by atoms with E-state index in [-0.39, 0.29) is 18.4 Å². The van der Waals surface area contributed by atoms with E-state index in [1.54, 1.807) is 11.9 Å². The van der Waals surface area contributed by atoms with E-state index < -0.39 is 0 Å². The fourth-order valence-corrected chi connectivity index (χ4v) is 5.75. The van der Waals surface area contributed by atoms with E-state index in [1.165, 1.54) is 5.56 Å². The molecule has 4 aromatic rings. The number of rotatable bonds is 9. The summed E-state index contributed by atoms with van der Waals surface area (Å²) in [5, 5.41) is 13.2. The first-order chi connectivity index (χ1) is 20.1. The topological polar surface area (TPSA) is 86.9 Å². The van der Waals surface area contributed by atoms with Gasteiger partial charge in [0, 0.05) is 29.2 Å².